The summed E-state index contributed by atoms with van der Waals surface area (Å²) in [6.45, 7) is 3.28. The second-order valence-electron chi connectivity index (χ2n) is 8.39. The summed E-state index contributed by atoms with van der Waals surface area (Å²) in [7, 11) is -4.27. The van der Waals surface area contributed by atoms with E-state index in [9.17, 15) is 22.4 Å². The number of amides is 2. The first-order chi connectivity index (χ1) is 18.1. The van der Waals surface area contributed by atoms with Crippen LogP contribution in [0, 0.1) is 5.82 Å². The molecule has 202 valence electrons. The van der Waals surface area contributed by atoms with E-state index in [0.29, 0.717) is 23.6 Å². The Labute approximate surface area is 232 Å². The highest BCUT2D eigenvalue weighted by Gasteiger charge is 2.33. The van der Waals surface area contributed by atoms with Crippen LogP contribution in [0.2, 0.25) is 10.0 Å². The highest BCUT2D eigenvalue weighted by atomic mass is 35.5. The first-order valence-corrected chi connectivity index (χ1v) is 14.1. The monoisotopic (exact) mass is 579 g/mol. The fourth-order valence-corrected chi connectivity index (χ4v) is 5.61. The van der Waals surface area contributed by atoms with Gasteiger partial charge in [-0.1, -0.05) is 60.5 Å². The van der Waals surface area contributed by atoms with Crippen molar-refractivity contribution in [1.29, 1.82) is 0 Å². The quantitative estimate of drug-likeness (QED) is 0.335. The summed E-state index contributed by atoms with van der Waals surface area (Å²) in [6, 6.07) is 16.9. The third-order valence-corrected chi connectivity index (χ3v) is 8.13. The van der Waals surface area contributed by atoms with Gasteiger partial charge in [0.05, 0.1) is 15.6 Å². The number of benzene rings is 3. The van der Waals surface area contributed by atoms with Crippen LogP contribution in [0.15, 0.2) is 77.7 Å². The number of rotatable bonds is 11. The van der Waals surface area contributed by atoms with Crippen LogP contribution in [0.1, 0.15) is 25.8 Å². The van der Waals surface area contributed by atoms with Gasteiger partial charge < -0.3 is 10.2 Å². The topological polar surface area (TPSA) is 86.8 Å². The van der Waals surface area contributed by atoms with Crippen LogP contribution < -0.4 is 9.62 Å². The normalized spacial score (nSPS) is 12.0. The minimum atomic E-state index is -4.27. The summed E-state index contributed by atoms with van der Waals surface area (Å²) >= 11 is 12.0. The van der Waals surface area contributed by atoms with Crippen molar-refractivity contribution in [2.24, 2.45) is 0 Å². The molecule has 0 unspecified atom stereocenters. The Balaban J connectivity index is 2.06. The zero-order chi connectivity index (χ0) is 27.9. The van der Waals surface area contributed by atoms with Gasteiger partial charge in [0.25, 0.3) is 10.0 Å². The maximum absolute atomic E-state index is 13.9. The molecule has 0 heterocycles. The number of likely N-dealkylation sites (N-methyl/N-ethyl adjacent to an activating group) is 1. The third-order valence-electron chi connectivity index (χ3n) is 5.80. The molecule has 0 saturated heterocycles. The molecule has 11 heteroatoms. The molecule has 0 radical (unpaired) electrons. The minimum Gasteiger partial charge on any atom is -0.355 e. The van der Waals surface area contributed by atoms with Crippen molar-refractivity contribution in [1.82, 2.24) is 10.2 Å². The van der Waals surface area contributed by atoms with Crippen LogP contribution >= 0.6 is 23.2 Å². The zero-order valence-electron chi connectivity index (χ0n) is 20.9. The summed E-state index contributed by atoms with van der Waals surface area (Å²) < 4.78 is 42.2. The predicted molar refractivity (Wildman–Crippen MR) is 147 cm³/mol. The molecule has 3 aromatic carbocycles. The summed E-state index contributed by atoms with van der Waals surface area (Å²) in [5.41, 5.74) is 0.707. The first kappa shape index (κ1) is 29.4. The van der Waals surface area contributed by atoms with Crippen molar-refractivity contribution in [3.63, 3.8) is 0 Å². The number of nitrogens with zero attached hydrogens (tertiary/aromatic N) is 2. The first-order valence-electron chi connectivity index (χ1n) is 11.9. The summed E-state index contributed by atoms with van der Waals surface area (Å²) in [6.07, 6.45) is 0.291. The van der Waals surface area contributed by atoms with Crippen molar-refractivity contribution < 1.29 is 22.4 Å². The third kappa shape index (κ3) is 7.03. The van der Waals surface area contributed by atoms with E-state index in [1.165, 1.54) is 23.1 Å². The van der Waals surface area contributed by atoms with Crippen LogP contribution in [0.25, 0.3) is 0 Å². The van der Waals surface area contributed by atoms with Crippen molar-refractivity contribution in [2.45, 2.75) is 37.8 Å². The van der Waals surface area contributed by atoms with Gasteiger partial charge in [-0.3, -0.25) is 13.9 Å². The van der Waals surface area contributed by atoms with E-state index in [-0.39, 0.29) is 28.1 Å². The lowest BCUT2D eigenvalue weighted by Crippen LogP contribution is -2.52. The van der Waals surface area contributed by atoms with Crippen LogP contribution in [0.4, 0.5) is 10.1 Å². The second-order valence-corrected chi connectivity index (χ2v) is 11.1. The van der Waals surface area contributed by atoms with Crippen LogP contribution in [0.5, 0.6) is 0 Å². The fraction of sp³-hybridized carbons (Fsp3) is 0.259. The molecule has 0 bridgehead atoms. The minimum absolute atomic E-state index is 0.00565. The highest BCUT2D eigenvalue weighted by Crippen LogP contribution is 2.28. The Hall–Kier alpha value is -3.14. The van der Waals surface area contributed by atoms with Gasteiger partial charge in [-0.2, -0.15) is 0 Å². The van der Waals surface area contributed by atoms with Gasteiger partial charge in [-0.15, -0.1) is 0 Å². The fourth-order valence-electron chi connectivity index (χ4n) is 3.89. The molecule has 1 atom stereocenters. The summed E-state index contributed by atoms with van der Waals surface area (Å²) in [5, 5.41) is 2.95. The molecular weight excluding hydrogens is 552 g/mol. The van der Waals surface area contributed by atoms with Crippen LogP contribution in [-0.2, 0) is 26.2 Å². The van der Waals surface area contributed by atoms with Gasteiger partial charge in [0.15, 0.2) is 0 Å². The van der Waals surface area contributed by atoms with E-state index in [2.05, 4.69) is 5.32 Å². The van der Waals surface area contributed by atoms with Crippen LogP contribution in [0.3, 0.4) is 0 Å². The average molecular weight is 581 g/mol. The van der Waals surface area contributed by atoms with E-state index in [4.69, 9.17) is 23.2 Å². The Kier molecular flexibility index (Phi) is 10.1. The Morgan fingerprint density at radius 1 is 0.974 bits per heavy atom. The van der Waals surface area contributed by atoms with Gasteiger partial charge in [0.2, 0.25) is 11.8 Å². The van der Waals surface area contributed by atoms with E-state index >= 15 is 0 Å². The zero-order valence-corrected chi connectivity index (χ0v) is 23.2. The predicted octanol–water partition coefficient (Wildman–Crippen LogP) is 5.27. The molecule has 0 aliphatic heterocycles. The Morgan fingerprint density at radius 3 is 2.21 bits per heavy atom. The molecule has 1 N–H and O–H groups in total. The number of hydrogen-bond acceptors (Lipinski definition) is 4. The number of carbonyl (C=O) groups excluding carboxylic acids is 2. The molecule has 7 nitrogen and oxygen atoms in total. The largest absolute Gasteiger partial charge is 0.355 e. The maximum Gasteiger partial charge on any atom is 0.264 e. The number of carbonyl (C=O) groups is 2. The van der Waals surface area contributed by atoms with Gasteiger partial charge in [0, 0.05) is 18.1 Å². The summed E-state index contributed by atoms with van der Waals surface area (Å²) in [4.78, 5) is 28.0. The molecule has 0 aliphatic carbocycles. The van der Waals surface area contributed by atoms with Crippen molar-refractivity contribution >= 4 is 50.7 Å². The summed E-state index contributed by atoms with van der Waals surface area (Å²) in [5.74, 6) is -1.72. The number of hydrogen-bond donors (Lipinski definition) is 1. The number of halogens is 3. The number of anilines is 1. The van der Waals surface area contributed by atoms with Crippen molar-refractivity contribution in [3.8, 4) is 0 Å². The lowest BCUT2D eigenvalue weighted by Gasteiger charge is -2.33. The Bertz CT molecular complexity index is 1370. The lowest BCUT2D eigenvalue weighted by atomic mass is 10.1. The highest BCUT2D eigenvalue weighted by molar-refractivity contribution is 7.92. The van der Waals surface area contributed by atoms with Crippen LogP contribution in [-0.4, -0.2) is 44.3 Å². The molecule has 3 aromatic rings. The van der Waals surface area contributed by atoms with E-state index in [1.807, 2.05) is 0 Å². The SMILES string of the molecule is CCNC(=O)[C@@H](CC)N(Cc1ccc(Cl)cc1)C(=O)CN(c1ccc(F)c(Cl)c1)S(=O)(=O)c1ccccc1. The molecule has 2 amide bonds. The van der Waals surface area contributed by atoms with E-state index in [0.717, 1.165) is 16.4 Å². The molecule has 0 saturated carbocycles. The van der Waals surface area contributed by atoms with Gasteiger partial charge in [-0.25, -0.2) is 12.8 Å². The smallest absolute Gasteiger partial charge is 0.264 e. The number of sulfonamides is 1. The molecule has 3 rings (SSSR count). The number of nitrogens with one attached hydrogen (secondary N) is 1. The van der Waals surface area contributed by atoms with Crippen molar-refractivity contribution in [2.75, 3.05) is 17.4 Å². The standard InChI is InChI=1S/C27H28Cl2FN3O4S/c1-3-25(27(35)31-4-2)32(17-19-10-12-20(28)13-11-19)26(34)18-33(21-14-15-24(30)23(29)16-21)38(36,37)22-8-6-5-7-9-22/h5-16,25H,3-4,17-18H2,1-2H3,(H,31,35)/t25-/m1/s1. The van der Waals surface area contributed by atoms with Gasteiger partial charge >= 0.3 is 0 Å². The van der Waals surface area contributed by atoms with Gasteiger partial charge in [0.1, 0.15) is 18.4 Å². The molecular formula is C27H28Cl2FN3O4S. The molecule has 0 aromatic heterocycles. The van der Waals surface area contributed by atoms with E-state index < -0.39 is 34.3 Å². The van der Waals surface area contributed by atoms with E-state index in [1.54, 1.807) is 56.3 Å². The molecule has 0 fully saturated rings. The molecule has 0 aliphatic rings. The Morgan fingerprint density at radius 2 is 1.63 bits per heavy atom. The lowest BCUT2D eigenvalue weighted by molar-refractivity contribution is -0.140. The average Bonchev–Trinajstić information content (AvgIpc) is 2.90. The maximum atomic E-state index is 13.9. The second kappa shape index (κ2) is 13.1. The molecule has 38 heavy (non-hydrogen) atoms. The van der Waals surface area contributed by atoms with Gasteiger partial charge in [-0.05, 0) is 61.4 Å². The molecule has 0 spiro atoms. The van der Waals surface area contributed by atoms with Crippen molar-refractivity contribution in [3.05, 3.63) is 94.2 Å².